The third-order valence-corrected chi connectivity index (χ3v) is 5.44. The average molecular weight is 333 g/mol. The van der Waals surface area contributed by atoms with E-state index in [1.807, 2.05) is 0 Å². The average Bonchev–Trinajstić information content (AvgIpc) is 3.06. The maximum atomic E-state index is 12.9. The quantitative estimate of drug-likeness (QED) is 0.939. The third kappa shape index (κ3) is 3.73. The first kappa shape index (κ1) is 15.6. The van der Waals surface area contributed by atoms with Crippen LogP contribution in [0.3, 0.4) is 0 Å². The molecule has 1 aromatic carbocycles. The number of nitrogens with zero attached hydrogens (tertiary/aromatic N) is 2. The smallest absolute Gasteiger partial charge is 0.321 e. The second kappa shape index (κ2) is 6.87. The molecule has 5 nitrogen and oxygen atoms in total. The number of hydrogen-bond donors (Lipinski definition) is 1. The molecule has 120 valence electrons. The minimum atomic E-state index is -1.25. The van der Waals surface area contributed by atoms with Crippen molar-refractivity contribution in [2.75, 3.05) is 18.4 Å². The molecule has 1 saturated heterocycles. The van der Waals surface area contributed by atoms with Gasteiger partial charge >= 0.3 is 6.03 Å². The number of halogens is 1. The molecular formula is C16H16FN3O2S. The maximum Gasteiger partial charge on any atom is 0.321 e. The summed E-state index contributed by atoms with van der Waals surface area (Å²) in [5, 5.41) is 2.65. The predicted molar refractivity (Wildman–Crippen MR) is 86.0 cm³/mol. The van der Waals surface area contributed by atoms with Gasteiger partial charge in [-0.1, -0.05) is 0 Å². The number of carbonyl (C=O) groups excluding carboxylic acids is 1. The molecule has 2 heterocycles. The van der Waals surface area contributed by atoms with Gasteiger partial charge in [-0.2, -0.15) is 0 Å². The van der Waals surface area contributed by atoms with Gasteiger partial charge in [-0.15, -0.1) is 0 Å². The molecule has 0 bridgehead atoms. The van der Waals surface area contributed by atoms with E-state index in [0.717, 1.165) is 0 Å². The summed E-state index contributed by atoms with van der Waals surface area (Å²) < 4.78 is 25.4. The zero-order chi connectivity index (χ0) is 16.2. The van der Waals surface area contributed by atoms with Crippen LogP contribution in [0.15, 0.2) is 53.7 Å². The maximum absolute atomic E-state index is 12.9. The van der Waals surface area contributed by atoms with Gasteiger partial charge in [0.15, 0.2) is 0 Å². The van der Waals surface area contributed by atoms with Crippen molar-refractivity contribution in [2.24, 2.45) is 0 Å². The molecule has 7 heteroatoms. The SMILES string of the molecule is O=C(Nc1ccncc1)N1CCC(S(=O)c2ccc(F)cc2)C1. The molecule has 23 heavy (non-hydrogen) atoms. The Kier molecular flexibility index (Phi) is 4.66. The fourth-order valence-electron chi connectivity index (χ4n) is 2.49. The Morgan fingerprint density at radius 3 is 2.61 bits per heavy atom. The fourth-order valence-corrected chi connectivity index (χ4v) is 3.91. The number of urea groups is 1. The number of likely N-dealkylation sites (tertiary alicyclic amines) is 1. The predicted octanol–water partition coefficient (Wildman–Crippen LogP) is 2.63. The summed E-state index contributed by atoms with van der Waals surface area (Å²) in [7, 11) is -1.25. The van der Waals surface area contributed by atoms with Gasteiger partial charge in [-0.05, 0) is 42.8 Å². The number of amides is 2. The first-order valence-corrected chi connectivity index (χ1v) is 8.47. The Hall–Kier alpha value is -2.28. The molecular weight excluding hydrogens is 317 g/mol. The lowest BCUT2D eigenvalue weighted by Gasteiger charge is -2.17. The summed E-state index contributed by atoms with van der Waals surface area (Å²) in [4.78, 5) is 18.3. The molecule has 2 aromatic rings. The van der Waals surface area contributed by atoms with Gasteiger partial charge in [0.05, 0.1) is 16.0 Å². The van der Waals surface area contributed by atoms with Crippen LogP contribution in [0.5, 0.6) is 0 Å². The Balaban J connectivity index is 1.60. The van der Waals surface area contributed by atoms with Crippen molar-refractivity contribution in [3.63, 3.8) is 0 Å². The van der Waals surface area contributed by atoms with Crippen LogP contribution >= 0.6 is 0 Å². The molecule has 2 amide bonds. The van der Waals surface area contributed by atoms with Crippen LogP contribution in [-0.2, 0) is 10.8 Å². The Labute approximate surface area is 136 Å². The Morgan fingerprint density at radius 2 is 1.91 bits per heavy atom. The topological polar surface area (TPSA) is 62.3 Å². The number of hydrogen-bond acceptors (Lipinski definition) is 3. The van der Waals surface area contributed by atoms with E-state index in [0.29, 0.717) is 30.1 Å². The van der Waals surface area contributed by atoms with Gasteiger partial charge in [0.1, 0.15) is 5.82 Å². The molecule has 2 unspecified atom stereocenters. The normalized spacial score (nSPS) is 18.7. The molecule has 1 fully saturated rings. The summed E-state index contributed by atoms with van der Waals surface area (Å²) >= 11 is 0. The molecule has 0 aliphatic carbocycles. The van der Waals surface area contributed by atoms with E-state index in [4.69, 9.17) is 0 Å². The summed E-state index contributed by atoms with van der Waals surface area (Å²) in [6.07, 6.45) is 3.87. The first-order chi connectivity index (χ1) is 11.1. The fraction of sp³-hybridized carbons (Fsp3) is 0.250. The van der Waals surface area contributed by atoms with Crippen molar-refractivity contribution in [1.82, 2.24) is 9.88 Å². The summed E-state index contributed by atoms with van der Waals surface area (Å²) in [5.74, 6) is -0.351. The minimum absolute atomic E-state index is 0.136. The molecule has 0 saturated carbocycles. The van der Waals surface area contributed by atoms with Crippen LogP contribution < -0.4 is 5.32 Å². The number of aromatic nitrogens is 1. The van der Waals surface area contributed by atoms with Crippen LogP contribution in [-0.4, -0.2) is 38.5 Å². The molecule has 2 atom stereocenters. The van der Waals surface area contributed by atoms with Gasteiger partial charge in [-0.25, -0.2) is 9.18 Å². The highest BCUT2D eigenvalue weighted by Gasteiger charge is 2.30. The van der Waals surface area contributed by atoms with E-state index >= 15 is 0 Å². The highest BCUT2D eigenvalue weighted by Crippen LogP contribution is 2.21. The standard InChI is InChI=1S/C16H16FN3O2S/c17-12-1-3-14(4-2-12)23(22)15-7-10-20(11-15)16(21)19-13-5-8-18-9-6-13/h1-6,8-9,15H,7,10-11H2,(H,18,19,21). The van der Waals surface area contributed by atoms with E-state index < -0.39 is 10.8 Å². The number of anilines is 1. The van der Waals surface area contributed by atoms with Crippen molar-refractivity contribution in [1.29, 1.82) is 0 Å². The van der Waals surface area contributed by atoms with E-state index in [1.165, 1.54) is 24.3 Å². The summed E-state index contributed by atoms with van der Waals surface area (Å²) in [6, 6.07) is 8.88. The van der Waals surface area contributed by atoms with E-state index in [9.17, 15) is 13.4 Å². The lowest BCUT2D eigenvalue weighted by atomic mass is 10.3. The van der Waals surface area contributed by atoms with Crippen molar-refractivity contribution in [3.8, 4) is 0 Å². The van der Waals surface area contributed by atoms with Crippen molar-refractivity contribution in [3.05, 3.63) is 54.6 Å². The first-order valence-electron chi connectivity index (χ1n) is 7.25. The second-order valence-electron chi connectivity index (χ2n) is 5.27. The Bertz CT molecular complexity index is 709. The van der Waals surface area contributed by atoms with Crippen LogP contribution in [0.4, 0.5) is 14.9 Å². The van der Waals surface area contributed by atoms with E-state index in [1.54, 1.807) is 29.4 Å². The highest BCUT2D eigenvalue weighted by atomic mass is 32.2. The van der Waals surface area contributed by atoms with Gasteiger partial charge < -0.3 is 10.2 Å². The number of nitrogens with one attached hydrogen (secondary N) is 1. The van der Waals surface area contributed by atoms with Crippen LogP contribution in [0.2, 0.25) is 0 Å². The zero-order valence-electron chi connectivity index (χ0n) is 12.3. The van der Waals surface area contributed by atoms with Crippen LogP contribution in [0.25, 0.3) is 0 Å². The molecule has 1 aliphatic heterocycles. The lowest BCUT2D eigenvalue weighted by Crippen LogP contribution is -2.34. The third-order valence-electron chi connectivity index (χ3n) is 3.71. The second-order valence-corrected chi connectivity index (χ2v) is 7.01. The largest absolute Gasteiger partial charge is 0.323 e. The molecule has 1 aliphatic rings. The number of benzene rings is 1. The van der Waals surface area contributed by atoms with E-state index in [-0.39, 0.29) is 17.1 Å². The summed E-state index contributed by atoms with van der Waals surface area (Å²) in [6.45, 7) is 0.968. The van der Waals surface area contributed by atoms with Gasteiger partial charge in [-0.3, -0.25) is 9.19 Å². The van der Waals surface area contributed by atoms with Gasteiger partial charge in [0, 0.05) is 36.1 Å². The molecule has 1 aromatic heterocycles. The van der Waals surface area contributed by atoms with Gasteiger partial charge in [0.25, 0.3) is 0 Å². The van der Waals surface area contributed by atoms with Crippen molar-refractivity contribution >= 4 is 22.5 Å². The zero-order valence-corrected chi connectivity index (χ0v) is 13.1. The Morgan fingerprint density at radius 1 is 1.22 bits per heavy atom. The monoisotopic (exact) mass is 333 g/mol. The number of carbonyl (C=O) groups is 1. The van der Waals surface area contributed by atoms with E-state index in [2.05, 4.69) is 10.3 Å². The summed E-state index contributed by atoms with van der Waals surface area (Å²) in [5.41, 5.74) is 0.674. The van der Waals surface area contributed by atoms with Crippen molar-refractivity contribution in [2.45, 2.75) is 16.6 Å². The minimum Gasteiger partial charge on any atom is -0.323 e. The molecule has 0 radical (unpaired) electrons. The lowest BCUT2D eigenvalue weighted by molar-refractivity contribution is 0.222. The number of pyridine rings is 1. The molecule has 1 N–H and O–H groups in total. The highest BCUT2D eigenvalue weighted by molar-refractivity contribution is 7.85. The van der Waals surface area contributed by atoms with Gasteiger partial charge in [0.2, 0.25) is 0 Å². The molecule has 3 rings (SSSR count). The van der Waals surface area contributed by atoms with Crippen molar-refractivity contribution < 1.29 is 13.4 Å². The van der Waals surface area contributed by atoms with Crippen LogP contribution in [0.1, 0.15) is 6.42 Å². The molecule has 0 spiro atoms. The number of rotatable bonds is 3. The van der Waals surface area contributed by atoms with Crippen LogP contribution in [0, 0.1) is 5.82 Å².